The molecule has 1 unspecified atom stereocenters. The number of nitrogens with zero attached hydrogens (tertiary/aromatic N) is 1. The van der Waals surface area contributed by atoms with Gasteiger partial charge in [0, 0.05) is 26.1 Å². The molecule has 2 aromatic rings. The van der Waals surface area contributed by atoms with E-state index in [4.69, 9.17) is 14.2 Å². The quantitative estimate of drug-likeness (QED) is 0.780. The summed E-state index contributed by atoms with van der Waals surface area (Å²) in [5.41, 5.74) is 3.55. The lowest BCUT2D eigenvalue weighted by Gasteiger charge is -2.35. The number of benzene rings is 2. The van der Waals surface area contributed by atoms with Crippen LogP contribution in [0.4, 0.5) is 0 Å². The average molecular weight is 396 g/mol. The first kappa shape index (κ1) is 19.7. The van der Waals surface area contributed by atoms with Crippen molar-refractivity contribution in [1.82, 2.24) is 10.2 Å². The maximum atomic E-state index is 12.5. The summed E-state index contributed by atoms with van der Waals surface area (Å²) in [6, 6.07) is 14.5. The summed E-state index contributed by atoms with van der Waals surface area (Å²) in [6.45, 7) is 6.20. The van der Waals surface area contributed by atoms with Crippen molar-refractivity contribution >= 4 is 5.91 Å². The van der Waals surface area contributed by atoms with Crippen molar-refractivity contribution in [2.75, 3.05) is 39.6 Å². The molecule has 29 heavy (non-hydrogen) atoms. The van der Waals surface area contributed by atoms with Crippen LogP contribution in [0.2, 0.25) is 0 Å². The van der Waals surface area contributed by atoms with Crippen molar-refractivity contribution in [3.8, 4) is 11.5 Å². The number of fused-ring (bicyclic) bond motifs is 1. The van der Waals surface area contributed by atoms with Gasteiger partial charge in [-0.25, -0.2) is 0 Å². The second kappa shape index (κ2) is 9.29. The number of amides is 1. The molecule has 2 aromatic carbocycles. The zero-order chi connectivity index (χ0) is 20.1. The molecule has 0 bridgehead atoms. The van der Waals surface area contributed by atoms with Crippen LogP contribution in [-0.2, 0) is 16.0 Å². The zero-order valence-electron chi connectivity index (χ0n) is 16.9. The van der Waals surface area contributed by atoms with Gasteiger partial charge < -0.3 is 19.5 Å². The van der Waals surface area contributed by atoms with Crippen LogP contribution < -0.4 is 14.8 Å². The van der Waals surface area contributed by atoms with Crippen LogP contribution in [-0.4, -0.2) is 50.4 Å². The molecule has 2 heterocycles. The van der Waals surface area contributed by atoms with Crippen LogP contribution in [0.15, 0.2) is 42.5 Å². The van der Waals surface area contributed by atoms with E-state index < -0.39 is 0 Å². The lowest BCUT2D eigenvalue weighted by molar-refractivity contribution is -0.121. The van der Waals surface area contributed by atoms with Gasteiger partial charge in [-0.05, 0) is 36.6 Å². The van der Waals surface area contributed by atoms with Crippen LogP contribution in [0, 0.1) is 6.92 Å². The van der Waals surface area contributed by atoms with Crippen molar-refractivity contribution in [2.24, 2.45) is 0 Å². The molecule has 0 aliphatic carbocycles. The van der Waals surface area contributed by atoms with Crippen LogP contribution >= 0.6 is 0 Å². The molecule has 4 rings (SSSR count). The molecule has 6 nitrogen and oxygen atoms in total. The highest BCUT2D eigenvalue weighted by atomic mass is 16.7. The van der Waals surface area contributed by atoms with E-state index in [-0.39, 0.29) is 18.7 Å². The highest BCUT2D eigenvalue weighted by Gasteiger charge is 2.23. The molecule has 1 amide bonds. The van der Waals surface area contributed by atoms with Crippen molar-refractivity contribution < 1.29 is 19.0 Å². The first-order valence-corrected chi connectivity index (χ1v) is 10.2. The Hall–Kier alpha value is -2.57. The number of ether oxygens (including phenoxy) is 3. The summed E-state index contributed by atoms with van der Waals surface area (Å²) in [7, 11) is 0. The number of morpholine rings is 1. The van der Waals surface area contributed by atoms with E-state index >= 15 is 0 Å². The number of rotatable bonds is 7. The molecule has 0 radical (unpaired) electrons. The summed E-state index contributed by atoms with van der Waals surface area (Å²) < 4.78 is 16.3. The lowest BCUT2D eigenvalue weighted by atomic mass is 10.0. The highest BCUT2D eigenvalue weighted by molar-refractivity contribution is 5.76. The molecular weight excluding hydrogens is 368 g/mol. The molecule has 0 aromatic heterocycles. The summed E-state index contributed by atoms with van der Waals surface area (Å²) >= 11 is 0. The smallest absolute Gasteiger partial charge is 0.231 e. The third-order valence-electron chi connectivity index (χ3n) is 5.48. The minimum absolute atomic E-state index is 0.0635. The minimum Gasteiger partial charge on any atom is -0.454 e. The Kier molecular flexibility index (Phi) is 6.32. The molecular formula is C23H28N2O4. The van der Waals surface area contributed by atoms with Crippen molar-refractivity contribution in [3.63, 3.8) is 0 Å². The van der Waals surface area contributed by atoms with E-state index in [2.05, 4.69) is 41.4 Å². The van der Waals surface area contributed by atoms with Gasteiger partial charge in [-0.15, -0.1) is 0 Å². The fourth-order valence-electron chi connectivity index (χ4n) is 3.88. The Morgan fingerprint density at radius 1 is 1.10 bits per heavy atom. The lowest BCUT2D eigenvalue weighted by Crippen LogP contribution is -2.43. The van der Waals surface area contributed by atoms with Crippen molar-refractivity contribution in [2.45, 2.75) is 25.8 Å². The fraction of sp³-hybridized carbons (Fsp3) is 0.435. The standard InChI is InChI=1S/C23H28N2O4/c1-17-3-2-4-19(13-17)20(25-9-11-27-12-10-25)15-24-23(26)8-6-18-5-7-21-22(14-18)29-16-28-21/h2-5,7,13-14,20H,6,8-12,15-16H2,1H3,(H,24,26). The molecule has 154 valence electrons. The third-order valence-corrected chi connectivity index (χ3v) is 5.48. The second-order valence-corrected chi connectivity index (χ2v) is 7.57. The van der Waals surface area contributed by atoms with Crippen molar-refractivity contribution in [3.05, 3.63) is 59.2 Å². The first-order valence-electron chi connectivity index (χ1n) is 10.2. The van der Waals surface area contributed by atoms with Crippen molar-refractivity contribution in [1.29, 1.82) is 0 Å². The van der Waals surface area contributed by atoms with Gasteiger partial charge in [-0.1, -0.05) is 35.9 Å². The molecule has 1 saturated heterocycles. The summed E-state index contributed by atoms with van der Waals surface area (Å²) in [5, 5.41) is 3.14. The predicted molar refractivity (Wildman–Crippen MR) is 110 cm³/mol. The fourth-order valence-corrected chi connectivity index (χ4v) is 3.88. The largest absolute Gasteiger partial charge is 0.454 e. The number of carbonyl (C=O) groups is 1. The number of hydrogen-bond acceptors (Lipinski definition) is 5. The van der Waals surface area contributed by atoms with Gasteiger partial charge in [0.1, 0.15) is 0 Å². The maximum absolute atomic E-state index is 12.5. The molecule has 1 fully saturated rings. The third kappa shape index (κ3) is 5.08. The van der Waals surface area contributed by atoms with E-state index in [9.17, 15) is 4.79 Å². The van der Waals surface area contributed by atoms with Crippen LogP contribution in [0.3, 0.4) is 0 Å². The van der Waals surface area contributed by atoms with Gasteiger partial charge >= 0.3 is 0 Å². The Bertz CT molecular complexity index is 849. The van der Waals surface area contributed by atoms with Crippen LogP contribution in [0.1, 0.15) is 29.2 Å². The number of hydrogen-bond donors (Lipinski definition) is 1. The van der Waals surface area contributed by atoms with E-state index in [0.717, 1.165) is 43.4 Å². The molecule has 1 N–H and O–H groups in total. The van der Waals surface area contributed by atoms with Gasteiger partial charge in [-0.2, -0.15) is 0 Å². The topological polar surface area (TPSA) is 60.0 Å². The van der Waals surface area contributed by atoms with Gasteiger partial charge in [0.15, 0.2) is 11.5 Å². The Balaban J connectivity index is 1.34. The second-order valence-electron chi connectivity index (χ2n) is 7.57. The Morgan fingerprint density at radius 3 is 2.76 bits per heavy atom. The van der Waals surface area contributed by atoms with Gasteiger partial charge in [0.25, 0.3) is 0 Å². The monoisotopic (exact) mass is 396 g/mol. The molecule has 1 atom stereocenters. The highest BCUT2D eigenvalue weighted by Crippen LogP contribution is 2.32. The predicted octanol–water partition coefficient (Wildman–Crippen LogP) is 2.85. The molecule has 0 spiro atoms. The normalized spacial score (nSPS) is 17.1. The number of nitrogens with one attached hydrogen (secondary N) is 1. The van der Waals surface area contributed by atoms with Crippen LogP contribution in [0.5, 0.6) is 11.5 Å². The zero-order valence-corrected chi connectivity index (χ0v) is 16.9. The van der Waals surface area contributed by atoms with Crippen LogP contribution in [0.25, 0.3) is 0 Å². The molecule has 2 aliphatic rings. The average Bonchev–Trinajstić information content (AvgIpc) is 3.21. The number of aryl methyl sites for hydroxylation is 2. The van der Waals surface area contributed by atoms with Gasteiger partial charge in [-0.3, -0.25) is 9.69 Å². The molecule has 0 saturated carbocycles. The SMILES string of the molecule is Cc1cccc(C(CNC(=O)CCc2ccc3c(c2)OCO3)N2CCOCC2)c1. The molecule has 6 heteroatoms. The number of carbonyl (C=O) groups excluding carboxylic acids is 1. The maximum Gasteiger partial charge on any atom is 0.231 e. The van der Waals surface area contributed by atoms with Gasteiger partial charge in [0.05, 0.1) is 19.3 Å². The van der Waals surface area contributed by atoms with E-state index in [0.29, 0.717) is 19.4 Å². The Labute approximate surface area is 171 Å². The summed E-state index contributed by atoms with van der Waals surface area (Å²) in [4.78, 5) is 14.9. The summed E-state index contributed by atoms with van der Waals surface area (Å²) in [5.74, 6) is 1.59. The van der Waals surface area contributed by atoms with Gasteiger partial charge in [0.2, 0.25) is 12.7 Å². The minimum atomic E-state index is 0.0635. The molecule has 2 aliphatic heterocycles. The van der Waals surface area contributed by atoms with E-state index in [1.807, 2.05) is 18.2 Å². The Morgan fingerprint density at radius 2 is 1.93 bits per heavy atom. The first-order chi connectivity index (χ1) is 14.2. The van der Waals surface area contributed by atoms with E-state index in [1.54, 1.807) is 0 Å². The van der Waals surface area contributed by atoms with E-state index in [1.165, 1.54) is 11.1 Å². The summed E-state index contributed by atoms with van der Waals surface area (Å²) in [6.07, 6.45) is 1.12.